The molecule has 2 aromatic carbocycles. The molecule has 3 heterocycles. The van der Waals surface area contributed by atoms with E-state index < -0.39 is 0 Å². The second-order valence-corrected chi connectivity index (χ2v) is 7.45. The van der Waals surface area contributed by atoms with Crippen molar-refractivity contribution in [2.45, 2.75) is 44.4 Å². The highest BCUT2D eigenvalue weighted by atomic mass is 16.5. The Hall–Kier alpha value is -2.24. The Labute approximate surface area is 153 Å². The summed E-state index contributed by atoms with van der Waals surface area (Å²) >= 11 is 0. The number of fused-ring (bicyclic) bond motifs is 2. The zero-order valence-electron chi connectivity index (χ0n) is 15.0. The van der Waals surface area contributed by atoms with Crippen LogP contribution in [0.5, 0.6) is 0 Å². The molecule has 26 heavy (non-hydrogen) atoms. The maximum absolute atomic E-state index is 6.04. The van der Waals surface area contributed by atoms with E-state index in [1.807, 2.05) is 6.92 Å². The third kappa shape index (κ3) is 2.81. The first-order chi connectivity index (χ1) is 12.8. The Morgan fingerprint density at radius 3 is 2.92 bits per heavy atom. The van der Waals surface area contributed by atoms with Crippen LogP contribution in [0.25, 0.3) is 10.8 Å². The van der Waals surface area contributed by atoms with Crippen molar-refractivity contribution in [3.8, 4) is 0 Å². The Balaban J connectivity index is 1.45. The van der Waals surface area contributed by atoms with Crippen LogP contribution >= 0.6 is 0 Å². The fourth-order valence-corrected chi connectivity index (χ4v) is 4.54. The average Bonchev–Trinajstić information content (AvgIpc) is 3.31. The van der Waals surface area contributed by atoms with Crippen molar-refractivity contribution in [3.63, 3.8) is 0 Å². The zero-order valence-corrected chi connectivity index (χ0v) is 15.0. The molecule has 3 atom stereocenters. The summed E-state index contributed by atoms with van der Waals surface area (Å²) in [7, 11) is 0. The Morgan fingerprint density at radius 2 is 2.04 bits per heavy atom. The lowest BCUT2D eigenvalue weighted by Gasteiger charge is -2.39. The number of aryl methyl sites for hydroxylation is 1. The third-order valence-electron chi connectivity index (χ3n) is 5.76. The number of ether oxygens (including phenoxy) is 1. The maximum atomic E-state index is 6.04. The van der Waals surface area contributed by atoms with Gasteiger partial charge in [-0.3, -0.25) is 4.90 Å². The number of rotatable bonds is 3. The SMILES string of the molecule is Cc1noc([C@@H]2C[C@H]3OCC[C@H]3N(Cc3cccc4ccccc34)C2)n1. The molecule has 2 aliphatic rings. The number of likely N-dealkylation sites (tertiary alicyclic amines) is 1. The van der Waals surface area contributed by atoms with Gasteiger partial charge in [-0.15, -0.1) is 0 Å². The van der Waals surface area contributed by atoms with Crippen LogP contribution in [0.2, 0.25) is 0 Å². The topological polar surface area (TPSA) is 51.4 Å². The minimum absolute atomic E-state index is 0.241. The summed E-state index contributed by atoms with van der Waals surface area (Å²) in [6.45, 7) is 4.58. The summed E-state index contributed by atoms with van der Waals surface area (Å²) in [5.74, 6) is 1.69. The highest BCUT2D eigenvalue weighted by Gasteiger charge is 2.42. The van der Waals surface area contributed by atoms with Gasteiger partial charge in [-0.05, 0) is 36.1 Å². The number of nitrogens with zero attached hydrogens (tertiary/aromatic N) is 3. The van der Waals surface area contributed by atoms with Gasteiger partial charge in [0.15, 0.2) is 5.82 Å². The van der Waals surface area contributed by atoms with Crippen LogP contribution in [-0.2, 0) is 11.3 Å². The first-order valence-electron chi connectivity index (χ1n) is 9.40. The summed E-state index contributed by atoms with van der Waals surface area (Å²) in [5.41, 5.74) is 1.37. The summed E-state index contributed by atoms with van der Waals surface area (Å²) < 4.78 is 11.5. The van der Waals surface area contributed by atoms with Crippen molar-refractivity contribution in [3.05, 3.63) is 59.7 Å². The van der Waals surface area contributed by atoms with Gasteiger partial charge >= 0.3 is 0 Å². The van der Waals surface area contributed by atoms with Crippen molar-refractivity contribution >= 4 is 10.8 Å². The Bertz CT molecular complexity index is 917. The quantitative estimate of drug-likeness (QED) is 0.722. The van der Waals surface area contributed by atoms with Crippen LogP contribution in [0.1, 0.15) is 36.0 Å². The molecular formula is C21H23N3O2. The molecule has 5 nitrogen and oxygen atoms in total. The van der Waals surface area contributed by atoms with Crippen molar-refractivity contribution in [1.29, 1.82) is 0 Å². The molecule has 1 aromatic heterocycles. The van der Waals surface area contributed by atoms with Gasteiger partial charge in [-0.1, -0.05) is 47.6 Å². The normalized spacial score (nSPS) is 26.3. The molecule has 5 heteroatoms. The van der Waals surface area contributed by atoms with Crippen LogP contribution in [0, 0.1) is 6.92 Å². The van der Waals surface area contributed by atoms with Crippen LogP contribution in [-0.4, -0.2) is 40.3 Å². The number of benzene rings is 2. The van der Waals surface area contributed by atoms with Gasteiger partial charge in [-0.2, -0.15) is 4.98 Å². The largest absolute Gasteiger partial charge is 0.377 e. The van der Waals surface area contributed by atoms with Crippen LogP contribution in [0.3, 0.4) is 0 Å². The average molecular weight is 349 g/mol. The molecule has 0 spiro atoms. The van der Waals surface area contributed by atoms with Gasteiger partial charge in [-0.25, -0.2) is 0 Å². The molecule has 0 bridgehead atoms. The fourth-order valence-electron chi connectivity index (χ4n) is 4.54. The fraction of sp³-hybridized carbons (Fsp3) is 0.429. The summed E-state index contributed by atoms with van der Waals surface area (Å²) in [5, 5.41) is 6.61. The standard InChI is InChI=1S/C21H23N3O2/c1-14-22-21(26-23-14)17-11-20-19(9-10-25-20)24(13-17)12-16-7-4-6-15-5-2-3-8-18(15)16/h2-8,17,19-20H,9-13H2,1H3/t17-,19-,20-/m1/s1. The first kappa shape index (κ1) is 16.0. The first-order valence-corrected chi connectivity index (χ1v) is 9.40. The van der Waals surface area contributed by atoms with Crippen molar-refractivity contribution in [2.75, 3.05) is 13.2 Å². The number of piperidine rings is 1. The molecule has 0 N–H and O–H groups in total. The van der Waals surface area contributed by atoms with Crippen molar-refractivity contribution in [1.82, 2.24) is 15.0 Å². The molecule has 0 unspecified atom stereocenters. The van der Waals surface area contributed by atoms with E-state index in [0.717, 1.165) is 38.4 Å². The number of hydrogen-bond donors (Lipinski definition) is 0. The van der Waals surface area contributed by atoms with E-state index in [4.69, 9.17) is 9.26 Å². The minimum Gasteiger partial charge on any atom is -0.377 e. The minimum atomic E-state index is 0.241. The number of hydrogen-bond acceptors (Lipinski definition) is 5. The molecule has 0 saturated carbocycles. The van der Waals surface area contributed by atoms with E-state index in [1.54, 1.807) is 0 Å². The molecular weight excluding hydrogens is 326 g/mol. The van der Waals surface area contributed by atoms with Gasteiger partial charge in [0, 0.05) is 25.7 Å². The van der Waals surface area contributed by atoms with Gasteiger partial charge < -0.3 is 9.26 Å². The third-order valence-corrected chi connectivity index (χ3v) is 5.76. The smallest absolute Gasteiger partial charge is 0.231 e. The molecule has 2 fully saturated rings. The van der Waals surface area contributed by atoms with Crippen LogP contribution in [0.15, 0.2) is 47.0 Å². The van der Waals surface area contributed by atoms with Crippen molar-refractivity contribution < 1.29 is 9.26 Å². The molecule has 0 aliphatic carbocycles. The zero-order chi connectivity index (χ0) is 17.5. The van der Waals surface area contributed by atoms with E-state index in [-0.39, 0.29) is 12.0 Å². The lowest BCUT2D eigenvalue weighted by Crippen LogP contribution is -2.48. The van der Waals surface area contributed by atoms with Crippen LogP contribution < -0.4 is 0 Å². The Morgan fingerprint density at radius 1 is 1.15 bits per heavy atom. The molecule has 5 rings (SSSR count). The summed E-state index contributed by atoms with van der Waals surface area (Å²) in [6, 6.07) is 15.7. The summed E-state index contributed by atoms with van der Waals surface area (Å²) in [6.07, 6.45) is 2.33. The number of aromatic nitrogens is 2. The predicted octanol–water partition coefficient (Wildman–Crippen LogP) is 3.68. The van der Waals surface area contributed by atoms with E-state index in [0.29, 0.717) is 11.9 Å². The van der Waals surface area contributed by atoms with E-state index >= 15 is 0 Å². The predicted molar refractivity (Wildman–Crippen MR) is 98.9 cm³/mol. The van der Waals surface area contributed by atoms with Crippen molar-refractivity contribution in [2.24, 2.45) is 0 Å². The van der Waals surface area contributed by atoms with Gasteiger partial charge in [0.05, 0.1) is 12.0 Å². The molecule has 134 valence electrons. The molecule has 0 radical (unpaired) electrons. The van der Waals surface area contributed by atoms with Gasteiger partial charge in [0.1, 0.15) is 0 Å². The van der Waals surface area contributed by atoms with Gasteiger partial charge in [0.25, 0.3) is 0 Å². The molecule has 0 amide bonds. The second kappa shape index (κ2) is 6.49. The van der Waals surface area contributed by atoms with Crippen LogP contribution in [0.4, 0.5) is 0 Å². The maximum Gasteiger partial charge on any atom is 0.231 e. The highest BCUT2D eigenvalue weighted by molar-refractivity contribution is 5.85. The van der Waals surface area contributed by atoms with E-state index in [9.17, 15) is 0 Å². The molecule has 2 saturated heterocycles. The second-order valence-electron chi connectivity index (χ2n) is 7.45. The molecule has 2 aliphatic heterocycles. The lowest BCUT2D eigenvalue weighted by atomic mass is 9.89. The molecule has 3 aromatic rings. The monoisotopic (exact) mass is 349 g/mol. The lowest BCUT2D eigenvalue weighted by molar-refractivity contribution is 0.00863. The Kier molecular flexibility index (Phi) is 3.98. The van der Waals surface area contributed by atoms with Gasteiger partial charge in [0.2, 0.25) is 5.89 Å². The van der Waals surface area contributed by atoms with E-state index in [2.05, 4.69) is 57.5 Å². The summed E-state index contributed by atoms with van der Waals surface area (Å²) in [4.78, 5) is 7.04. The highest BCUT2D eigenvalue weighted by Crippen LogP contribution is 2.37. The van der Waals surface area contributed by atoms with E-state index in [1.165, 1.54) is 16.3 Å².